The van der Waals surface area contributed by atoms with Gasteiger partial charge in [-0.3, -0.25) is 0 Å². The van der Waals surface area contributed by atoms with Crippen molar-refractivity contribution in [1.29, 1.82) is 0 Å². The van der Waals surface area contributed by atoms with Crippen LogP contribution in [0.25, 0.3) is 0 Å². The number of hydrogen-bond acceptors (Lipinski definition) is 9. The third-order valence-electron chi connectivity index (χ3n) is 2.77. The van der Waals surface area contributed by atoms with Crippen LogP contribution in [0.1, 0.15) is 26.7 Å². The Labute approximate surface area is 173 Å². The zero-order chi connectivity index (χ0) is 18.3. The van der Waals surface area contributed by atoms with Crippen LogP contribution in [0.2, 0.25) is 12.1 Å². The zero-order valence-corrected chi connectivity index (χ0v) is 21.7. The summed E-state index contributed by atoms with van der Waals surface area (Å²) in [6.07, 6.45) is 2.55. The molecule has 0 saturated carbocycles. The third-order valence-corrected chi connectivity index (χ3v) is 12.1. The maximum absolute atomic E-state index is 5.56. The van der Waals surface area contributed by atoms with Gasteiger partial charge in [-0.15, -0.1) is 0 Å². The minimum atomic E-state index is -0.427. The van der Waals surface area contributed by atoms with Crippen molar-refractivity contribution in [3.8, 4) is 0 Å². The van der Waals surface area contributed by atoms with Gasteiger partial charge < -0.3 is 23.1 Å². The lowest BCUT2D eigenvalue weighted by Gasteiger charge is -2.06. The maximum Gasteiger partial charge on any atom is 0.164 e. The van der Waals surface area contributed by atoms with Crippen molar-refractivity contribution in [1.82, 2.24) is 0 Å². The van der Waals surface area contributed by atoms with Crippen molar-refractivity contribution in [2.45, 2.75) is 38.8 Å². The predicted octanol–water partition coefficient (Wildman–Crippen LogP) is 3.49. The molecule has 11 heteroatoms. The standard InChI is InChI=1S/C14H34O5S4Si2/c1-3-15-13-16-7-8-17-14-19-25-12-6-10-21-23-22-20-9-5-11-24-18-4-2/h3-14,24-25H2,1-2H3. The molecule has 0 bridgehead atoms. The largest absolute Gasteiger partial charge is 0.424 e. The van der Waals surface area contributed by atoms with Crippen molar-refractivity contribution in [2.75, 3.05) is 51.5 Å². The van der Waals surface area contributed by atoms with Gasteiger partial charge in [0, 0.05) is 24.7 Å². The third kappa shape index (κ3) is 25.6. The molecule has 0 spiro atoms. The van der Waals surface area contributed by atoms with Crippen LogP contribution >= 0.6 is 41.2 Å². The highest BCUT2D eigenvalue weighted by molar-refractivity contribution is 9.26. The van der Waals surface area contributed by atoms with Gasteiger partial charge >= 0.3 is 0 Å². The Hall–Kier alpha value is 1.63. The first-order valence-electron chi connectivity index (χ1n) is 8.88. The summed E-state index contributed by atoms with van der Waals surface area (Å²) in [7, 11) is 7.10. The van der Waals surface area contributed by atoms with E-state index < -0.39 is 9.76 Å². The molecule has 0 aromatic rings. The van der Waals surface area contributed by atoms with E-state index in [2.05, 4.69) is 6.92 Å². The van der Waals surface area contributed by atoms with Crippen molar-refractivity contribution < 1.29 is 23.1 Å². The van der Waals surface area contributed by atoms with Crippen LogP contribution < -0.4 is 0 Å². The molecule has 0 aromatic carbocycles. The Morgan fingerprint density at radius 1 is 0.680 bits per heavy atom. The van der Waals surface area contributed by atoms with E-state index in [1.165, 1.54) is 36.4 Å². The van der Waals surface area contributed by atoms with Crippen molar-refractivity contribution in [3.05, 3.63) is 0 Å². The van der Waals surface area contributed by atoms with Gasteiger partial charge in [-0.05, 0) is 58.4 Å². The van der Waals surface area contributed by atoms with Crippen LogP contribution in [0.15, 0.2) is 0 Å². The van der Waals surface area contributed by atoms with E-state index in [9.17, 15) is 0 Å². The molecule has 0 aromatic heterocycles. The van der Waals surface area contributed by atoms with Crippen molar-refractivity contribution >= 4 is 60.8 Å². The molecule has 0 amide bonds. The molecule has 0 aliphatic carbocycles. The Kier molecular flexibility index (Phi) is 27.3. The van der Waals surface area contributed by atoms with Gasteiger partial charge in [-0.25, -0.2) is 0 Å². The molecule has 0 aliphatic heterocycles. The van der Waals surface area contributed by atoms with E-state index in [0.29, 0.717) is 33.4 Å². The van der Waals surface area contributed by atoms with Gasteiger partial charge in [-0.1, -0.05) is 21.6 Å². The summed E-state index contributed by atoms with van der Waals surface area (Å²) >= 11 is 0. The number of rotatable bonds is 22. The van der Waals surface area contributed by atoms with E-state index in [-0.39, 0.29) is 9.76 Å². The molecule has 0 unspecified atom stereocenters. The lowest BCUT2D eigenvalue weighted by atomic mass is 10.6. The smallest absolute Gasteiger partial charge is 0.164 e. The van der Waals surface area contributed by atoms with Gasteiger partial charge in [0.1, 0.15) is 13.6 Å². The van der Waals surface area contributed by atoms with Gasteiger partial charge in [0.2, 0.25) is 0 Å². The lowest BCUT2D eigenvalue weighted by molar-refractivity contribution is -0.0783. The topological polar surface area (TPSA) is 46.2 Å². The van der Waals surface area contributed by atoms with Gasteiger partial charge in [-0.2, -0.15) is 0 Å². The molecule has 0 atom stereocenters. The van der Waals surface area contributed by atoms with Gasteiger partial charge in [0.25, 0.3) is 0 Å². The molecule has 0 rings (SSSR count). The summed E-state index contributed by atoms with van der Waals surface area (Å²) in [5.74, 6) is 2.45. The van der Waals surface area contributed by atoms with Crippen LogP contribution in [-0.2, 0) is 23.1 Å². The molecular weight excluding hydrogens is 433 g/mol. The van der Waals surface area contributed by atoms with Crippen molar-refractivity contribution in [3.63, 3.8) is 0 Å². The Morgan fingerprint density at radius 2 is 1.28 bits per heavy atom. The highest BCUT2D eigenvalue weighted by atomic mass is 33.7. The molecular formula is C14H34O5S4Si2. The molecule has 0 heterocycles. The van der Waals surface area contributed by atoms with Gasteiger partial charge in [0.15, 0.2) is 19.5 Å². The molecule has 0 fully saturated rings. The fraction of sp³-hybridized carbons (Fsp3) is 1.00. The normalized spacial score (nSPS) is 12.2. The van der Waals surface area contributed by atoms with Crippen LogP contribution in [-0.4, -0.2) is 71.0 Å². The number of hydrogen-bond donors (Lipinski definition) is 0. The summed E-state index contributed by atoms with van der Waals surface area (Å²) in [5.41, 5.74) is 0. The summed E-state index contributed by atoms with van der Waals surface area (Å²) in [6, 6.07) is 2.53. The fourth-order valence-electron chi connectivity index (χ4n) is 1.48. The average Bonchev–Trinajstić information content (AvgIpc) is 2.63. The molecule has 0 saturated heterocycles. The van der Waals surface area contributed by atoms with E-state index in [4.69, 9.17) is 23.1 Å². The highest BCUT2D eigenvalue weighted by Gasteiger charge is 1.96. The monoisotopic (exact) mass is 466 g/mol. The first-order chi connectivity index (χ1) is 12.4. The minimum Gasteiger partial charge on any atom is -0.424 e. The average molecular weight is 467 g/mol. The molecule has 0 radical (unpaired) electrons. The Balaban J connectivity index is 2.94. The Morgan fingerprint density at radius 3 is 1.88 bits per heavy atom. The van der Waals surface area contributed by atoms with E-state index in [0.717, 1.165) is 6.61 Å². The molecule has 152 valence electrons. The lowest BCUT2D eigenvalue weighted by Crippen LogP contribution is -2.10. The first kappa shape index (κ1) is 26.6. The molecule has 5 nitrogen and oxygen atoms in total. The molecule has 0 aliphatic rings. The van der Waals surface area contributed by atoms with Crippen LogP contribution in [0.3, 0.4) is 0 Å². The zero-order valence-electron chi connectivity index (χ0n) is 15.6. The second-order valence-corrected chi connectivity index (χ2v) is 14.1. The second-order valence-electron chi connectivity index (χ2n) is 4.84. The SMILES string of the molecule is CCOCOCCOCO[SiH2]CCCSSSSCCC[SiH2]OCC. The van der Waals surface area contributed by atoms with E-state index in [1.807, 2.05) is 48.2 Å². The van der Waals surface area contributed by atoms with E-state index in [1.54, 1.807) is 0 Å². The quantitative estimate of drug-likeness (QED) is 0.103. The van der Waals surface area contributed by atoms with E-state index >= 15 is 0 Å². The fourth-order valence-corrected chi connectivity index (χ4v) is 10.3. The summed E-state index contributed by atoms with van der Waals surface area (Å²) < 4.78 is 26.6. The predicted molar refractivity (Wildman–Crippen MR) is 122 cm³/mol. The van der Waals surface area contributed by atoms with Crippen LogP contribution in [0.5, 0.6) is 0 Å². The van der Waals surface area contributed by atoms with Crippen LogP contribution in [0.4, 0.5) is 0 Å². The Bertz CT molecular complexity index is 227. The number of ether oxygens (including phenoxy) is 3. The van der Waals surface area contributed by atoms with Crippen LogP contribution in [0, 0.1) is 0 Å². The summed E-state index contributed by atoms with van der Waals surface area (Å²) in [5, 5.41) is 0. The maximum atomic E-state index is 5.56. The second kappa shape index (κ2) is 25.6. The first-order valence-corrected chi connectivity index (χ1v) is 17.2. The van der Waals surface area contributed by atoms with Crippen molar-refractivity contribution in [2.24, 2.45) is 0 Å². The van der Waals surface area contributed by atoms with Gasteiger partial charge in [0.05, 0.1) is 13.2 Å². The summed E-state index contributed by atoms with van der Waals surface area (Å²) in [6.45, 7) is 7.48. The highest BCUT2D eigenvalue weighted by Crippen LogP contribution is 2.43. The summed E-state index contributed by atoms with van der Waals surface area (Å²) in [4.78, 5) is 0. The molecule has 0 N–H and O–H groups in total. The molecule has 25 heavy (non-hydrogen) atoms. The minimum absolute atomic E-state index is 0.219.